The quantitative estimate of drug-likeness (QED) is 0.799. The standard InChI is InChI=1S/C11H19N3O3S/c1-8(2)6-14(10-3-4-10)18(16,17)11-9(7-15)5-12-13-11/h5,8,10,15H,3-4,6-7H2,1-2H3,(H,12,13). The molecular weight excluding hydrogens is 254 g/mol. The number of hydrogen-bond acceptors (Lipinski definition) is 4. The molecular formula is C11H19N3O3S. The zero-order valence-electron chi connectivity index (χ0n) is 10.6. The fraction of sp³-hybridized carbons (Fsp3) is 0.727. The number of nitrogens with one attached hydrogen (secondary N) is 1. The number of sulfonamides is 1. The van der Waals surface area contributed by atoms with E-state index in [0.29, 0.717) is 12.1 Å². The highest BCUT2D eigenvalue weighted by Gasteiger charge is 2.39. The molecule has 2 N–H and O–H groups in total. The Labute approximate surface area is 107 Å². The molecule has 102 valence electrons. The topological polar surface area (TPSA) is 86.3 Å². The fourth-order valence-corrected chi connectivity index (χ4v) is 3.87. The molecule has 1 aromatic rings. The van der Waals surface area contributed by atoms with Gasteiger partial charge in [-0.15, -0.1) is 0 Å². The second-order valence-electron chi connectivity index (χ2n) is 5.08. The molecule has 0 bridgehead atoms. The molecule has 1 saturated carbocycles. The number of rotatable bonds is 6. The van der Waals surface area contributed by atoms with Crippen molar-refractivity contribution in [3.05, 3.63) is 11.8 Å². The van der Waals surface area contributed by atoms with Gasteiger partial charge in [-0.05, 0) is 18.8 Å². The molecule has 7 heteroatoms. The SMILES string of the molecule is CC(C)CN(C1CC1)S(=O)(=O)c1[nH]ncc1CO. The van der Waals surface area contributed by atoms with Gasteiger partial charge in [0.25, 0.3) is 10.0 Å². The lowest BCUT2D eigenvalue weighted by atomic mass is 10.2. The van der Waals surface area contributed by atoms with Crippen LogP contribution in [-0.4, -0.2) is 40.6 Å². The second-order valence-corrected chi connectivity index (χ2v) is 6.91. The maximum Gasteiger partial charge on any atom is 0.260 e. The van der Waals surface area contributed by atoms with Crippen LogP contribution in [0, 0.1) is 5.92 Å². The average Bonchev–Trinajstić information content (AvgIpc) is 3.01. The van der Waals surface area contributed by atoms with Crippen LogP contribution in [0.3, 0.4) is 0 Å². The Morgan fingerprint density at radius 2 is 2.22 bits per heavy atom. The van der Waals surface area contributed by atoms with Crippen LogP contribution in [0.1, 0.15) is 32.3 Å². The molecule has 0 radical (unpaired) electrons. The van der Waals surface area contributed by atoms with Crippen LogP contribution in [0.2, 0.25) is 0 Å². The number of H-pyrrole nitrogens is 1. The van der Waals surface area contributed by atoms with Crippen molar-refractivity contribution < 1.29 is 13.5 Å². The maximum absolute atomic E-state index is 12.5. The zero-order valence-corrected chi connectivity index (χ0v) is 11.4. The molecule has 0 saturated heterocycles. The third kappa shape index (κ3) is 2.57. The van der Waals surface area contributed by atoms with Gasteiger partial charge < -0.3 is 5.11 Å². The summed E-state index contributed by atoms with van der Waals surface area (Å²) >= 11 is 0. The Hall–Kier alpha value is -0.920. The summed E-state index contributed by atoms with van der Waals surface area (Å²) in [4.78, 5) is 0. The Morgan fingerprint density at radius 1 is 1.56 bits per heavy atom. The summed E-state index contributed by atoms with van der Waals surface area (Å²) in [6.45, 7) is 4.15. The normalized spacial score (nSPS) is 16.7. The highest BCUT2D eigenvalue weighted by Crippen LogP contribution is 2.33. The summed E-state index contributed by atoms with van der Waals surface area (Å²) in [5.74, 6) is 0.265. The van der Waals surface area contributed by atoms with Crippen molar-refractivity contribution in [3.63, 3.8) is 0 Å². The van der Waals surface area contributed by atoms with Crippen molar-refractivity contribution >= 4 is 10.0 Å². The Morgan fingerprint density at radius 3 is 2.72 bits per heavy atom. The van der Waals surface area contributed by atoms with Gasteiger partial charge in [-0.1, -0.05) is 13.8 Å². The molecule has 1 fully saturated rings. The highest BCUT2D eigenvalue weighted by molar-refractivity contribution is 7.89. The van der Waals surface area contributed by atoms with Crippen LogP contribution < -0.4 is 0 Å². The van der Waals surface area contributed by atoms with E-state index in [9.17, 15) is 8.42 Å². The molecule has 0 unspecified atom stereocenters. The van der Waals surface area contributed by atoms with Crippen molar-refractivity contribution in [2.45, 2.75) is 44.4 Å². The van der Waals surface area contributed by atoms with Crippen LogP contribution in [0.5, 0.6) is 0 Å². The smallest absolute Gasteiger partial charge is 0.260 e. The van der Waals surface area contributed by atoms with Crippen LogP contribution >= 0.6 is 0 Å². The molecule has 2 rings (SSSR count). The van der Waals surface area contributed by atoms with Crippen molar-refractivity contribution in [2.75, 3.05) is 6.54 Å². The van der Waals surface area contributed by atoms with E-state index in [1.54, 1.807) is 0 Å². The van der Waals surface area contributed by atoms with Crippen molar-refractivity contribution in [1.29, 1.82) is 0 Å². The van der Waals surface area contributed by atoms with E-state index in [2.05, 4.69) is 10.2 Å². The molecule has 1 aliphatic carbocycles. The summed E-state index contributed by atoms with van der Waals surface area (Å²) in [5.41, 5.74) is 0.324. The number of aliphatic hydroxyl groups is 1. The molecule has 0 aromatic carbocycles. The van der Waals surface area contributed by atoms with Gasteiger partial charge in [0, 0.05) is 18.2 Å². The van der Waals surface area contributed by atoms with E-state index < -0.39 is 10.0 Å². The number of nitrogens with zero attached hydrogens (tertiary/aromatic N) is 2. The molecule has 1 heterocycles. The van der Waals surface area contributed by atoms with E-state index >= 15 is 0 Å². The molecule has 6 nitrogen and oxygen atoms in total. The molecule has 0 aliphatic heterocycles. The molecule has 1 aromatic heterocycles. The van der Waals surface area contributed by atoms with E-state index in [4.69, 9.17) is 5.11 Å². The van der Waals surface area contributed by atoms with Crippen molar-refractivity contribution in [1.82, 2.24) is 14.5 Å². The minimum atomic E-state index is -3.58. The van der Waals surface area contributed by atoms with Crippen molar-refractivity contribution in [3.8, 4) is 0 Å². The summed E-state index contributed by atoms with van der Waals surface area (Å²) in [6, 6.07) is 0.104. The number of aromatic amines is 1. The summed E-state index contributed by atoms with van der Waals surface area (Å²) in [5, 5.41) is 15.4. The molecule has 18 heavy (non-hydrogen) atoms. The van der Waals surface area contributed by atoms with E-state index in [1.807, 2.05) is 13.8 Å². The van der Waals surface area contributed by atoms with E-state index in [0.717, 1.165) is 12.8 Å². The van der Waals surface area contributed by atoms with Gasteiger partial charge in [-0.3, -0.25) is 5.10 Å². The summed E-state index contributed by atoms with van der Waals surface area (Å²) in [7, 11) is -3.58. The summed E-state index contributed by atoms with van der Waals surface area (Å²) in [6.07, 6.45) is 3.18. The van der Waals surface area contributed by atoms with Crippen LogP contribution in [0.15, 0.2) is 11.2 Å². The van der Waals surface area contributed by atoms with Gasteiger partial charge in [-0.2, -0.15) is 9.40 Å². The first kappa shape index (κ1) is 13.5. The third-order valence-electron chi connectivity index (χ3n) is 2.91. The van der Waals surface area contributed by atoms with Crippen LogP contribution in [0.25, 0.3) is 0 Å². The van der Waals surface area contributed by atoms with Crippen LogP contribution in [-0.2, 0) is 16.6 Å². The Bertz CT molecular complexity index is 505. The van der Waals surface area contributed by atoms with Gasteiger partial charge in [0.15, 0.2) is 5.03 Å². The van der Waals surface area contributed by atoms with Gasteiger partial charge in [-0.25, -0.2) is 8.42 Å². The lowest BCUT2D eigenvalue weighted by Crippen LogP contribution is -2.36. The number of aromatic nitrogens is 2. The first-order chi connectivity index (χ1) is 8.46. The van der Waals surface area contributed by atoms with Gasteiger partial charge >= 0.3 is 0 Å². The third-order valence-corrected chi connectivity index (χ3v) is 4.85. The average molecular weight is 273 g/mol. The zero-order chi connectivity index (χ0) is 13.3. The molecule has 0 atom stereocenters. The predicted octanol–water partition coefficient (Wildman–Crippen LogP) is 0.711. The van der Waals surface area contributed by atoms with Gasteiger partial charge in [0.2, 0.25) is 0 Å². The Balaban J connectivity index is 2.33. The van der Waals surface area contributed by atoms with Crippen LogP contribution in [0.4, 0.5) is 0 Å². The van der Waals surface area contributed by atoms with Gasteiger partial charge in [0.05, 0.1) is 12.8 Å². The minimum absolute atomic E-state index is 0.0255. The lowest BCUT2D eigenvalue weighted by Gasteiger charge is -2.23. The first-order valence-electron chi connectivity index (χ1n) is 6.11. The second kappa shape index (κ2) is 4.99. The van der Waals surface area contributed by atoms with E-state index in [1.165, 1.54) is 10.5 Å². The fourth-order valence-electron chi connectivity index (χ4n) is 1.92. The van der Waals surface area contributed by atoms with Crippen molar-refractivity contribution in [2.24, 2.45) is 5.92 Å². The monoisotopic (exact) mass is 273 g/mol. The Kier molecular flexibility index (Phi) is 3.74. The molecule has 0 spiro atoms. The predicted molar refractivity (Wildman–Crippen MR) is 66.3 cm³/mol. The van der Waals surface area contributed by atoms with E-state index in [-0.39, 0.29) is 23.6 Å². The van der Waals surface area contributed by atoms with Gasteiger partial charge in [0.1, 0.15) is 0 Å². The minimum Gasteiger partial charge on any atom is -0.392 e. The highest BCUT2D eigenvalue weighted by atomic mass is 32.2. The first-order valence-corrected chi connectivity index (χ1v) is 7.55. The summed E-state index contributed by atoms with van der Waals surface area (Å²) < 4.78 is 26.6. The number of aliphatic hydroxyl groups excluding tert-OH is 1. The largest absolute Gasteiger partial charge is 0.392 e. The number of hydrogen-bond donors (Lipinski definition) is 2. The molecule has 0 amide bonds. The maximum atomic E-state index is 12.5. The molecule has 1 aliphatic rings. The lowest BCUT2D eigenvalue weighted by molar-refractivity contribution is 0.277.